The highest BCUT2D eigenvalue weighted by Crippen LogP contribution is 2.26. The number of fused-ring (bicyclic) bond motifs is 1. The number of rotatable bonds is 7. The van der Waals surface area contributed by atoms with E-state index in [1.807, 2.05) is 48.0 Å². The van der Waals surface area contributed by atoms with E-state index in [1.54, 1.807) is 0 Å². The van der Waals surface area contributed by atoms with E-state index in [4.69, 9.17) is 5.11 Å². The van der Waals surface area contributed by atoms with Gasteiger partial charge in [0, 0.05) is 30.4 Å². The van der Waals surface area contributed by atoms with Crippen molar-refractivity contribution in [2.45, 2.75) is 50.6 Å². The summed E-state index contributed by atoms with van der Waals surface area (Å²) in [4.78, 5) is 36.5. The van der Waals surface area contributed by atoms with Crippen LogP contribution in [0.5, 0.6) is 0 Å². The van der Waals surface area contributed by atoms with Crippen LogP contribution in [0.2, 0.25) is 0 Å². The SMILES string of the molecule is Cn1c(C(=O)N[C@H]2CCCC[C@H]2C(=O)N[C@H](C#N)CCC(=O)O)cc2ccccc21. The normalized spacial score (nSPS) is 19.6. The summed E-state index contributed by atoms with van der Waals surface area (Å²) in [6.07, 6.45) is 2.93. The van der Waals surface area contributed by atoms with E-state index in [0.29, 0.717) is 18.5 Å². The van der Waals surface area contributed by atoms with Crippen molar-refractivity contribution in [1.82, 2.24) is 15.2 Å². The maximum absolute atomic E-state index is 12.9. The number of nitriles is 1. The predicted molar refractivity (Wildman–Crippen MR) is 111 cm³/mol. The smallest absolute Gasteiger partial charge is 0.303 e. The molecule has 0 aliphatic heterocycles. The summed E-state index contributed by atoms with van der Waals surface area (Å²) in [6.45, 7) is 0. The molecular formula is C22H26N4O4. The number of para-hydroxylation sites is 1. The van der Waals surface area contributed by atoms with Crippen LogP contribution >= 0.6 is 0 Å². The lowest BCUT2D eigenvalue weighted by Gasteiger charge is -2.31. The Morgan fingerprint density at radius 1 is 1.27 bits per heavy atom. The number of aryl methyl sites for hydroxylation is 1. The van der Waals surface area contributed by atoms with Crippen molar-refractivity contribution in [3.8, 4) is 6.07 Å². The van der Waals surface area contributed by atoms with Gasteiger partial charge in [-0.05, 0) is 31.4 Å². The highest BCUT2D eigenvalue weighted by atomic mass is 16.4. The Morgan fingerprint density at radius 3 is 2.70 bits per heavy atom. The van der Waals surface area contributed by atoms with Gasteiger partial charge in [0.05, 0.1) is 12.0 Å². The van der Waals surface area contributed by atoms with Crippen LogP contribution < -0.4 is 10.6 Å². The summed E-state index contributed by atoms with van der Waals surface area (Å²) in [5, 5.41) is 24.6. The summed E-state index contributed by atoms with van der Waals surface area (Å²) < 4.78 is 1.83. The topological polar surface area (TPSA) is 124 Å². The maximum Gasteiger partial charge on any atom is 0.303 e. The standard InChI is InChI=1S/C22H26N4O4/c1-26-18-9-5-2-6-14(18)12-19(26)22(30)25-17-8-4-3-7-16(17)21(29)24-15(13-23)10-11-20(27)28/h2,5-6,9,12,15-17H,3-4,7-8,10-11H2,1H3,(H,24,29)(H,25,30)(H,27,28)/t15-,16+,17-/m0/s1. The Labute approximate surface area is 174 Å². The molecule has 3 atom stereocenters. The summed E-state index contributed by atoms with van der Waals surface area (Å²) in [6, 6.07) is 10.3. The number of amides is 2. The molecule has 1 aromatic heterocycles. The van der Waals surface area contributed by atoms with Gasteiger partial charge in [-0.1, -0.05) is 31.0 Å². The van der Waals surface area contributed by atoms with Gasteiger partial charge in [0.15, 0.2) is 0 Å². The molecule has 1 fully saturated rings. The molecule has 0 radical (unpaired) electrons. The lowest BCUT2D eigenvalue weighted by molar-refractivity contribution is -0.137. The zero-order chi connectivity index (χ0) is 21.7. The highest BCUT2D eigenvalue weighted by Gasteiger charge is 2.33. The summed E-state index contributed by atoms with van der Waals surface area (Å²) >= 11 is 0. The van der Waals surface area contributed by atoms with Gasteiger partial charge < -0.3 is 20.3 Å². The first-order valence-electron chi connectivity index (χ1n) is 10.2. The number of aliphatic carboxylic acids is 1. The van der Waals surface area contributed by atoms with Crippen molar-refractivity contribution < 1.29 is 19.5 Å². The summed E-state index contributed by atoms with van der Waals surface area (Å²) in [7, 11) is 1.84. The molecule has 0 bridgehead atoms. The molecule has 0 spiro atoms. The molecule has 2 amide bonds. The van der Waals surface area contributed by atoms with E-state index in [-0.39, 0.29) is 30.7 Å². The Morgan fingerprint density at radius 2 is 2.00 bits per heavy atom. The van der Waals surface area contributed by atoms with Crippen LogP contribution in [0.25, 0.3) is 10.9 Å². The van der Waals surface area contributed by atoms with Crippen LogP contribution in [-0.2, 0) is 16.6 Å². The van der Waals surface area contributed by atoms with E-state index >= 15 is 0 Å². The molecule has 3 N–H and O–H groups in total. The maximum atomic E-state index is 12.9. The van der Waals surface area contributed by atoms with Gasteiger partial charge in [0.2, 0.25) is 5.91 Å². The molecular weight excluding hydrogens is 384 g/mol. The van der Waals surface area contributed by atoms with Crippen molar-refractivity contribution in [2.75, 3.05) is 0 Å². The van der Waals surface area contributed by atoms with Crippen LogP contribution in [0.1, 0.15) is 49.0 Å². The zero-order valence-corrected chi connectivity index (χ0v) is 16.9. The molecule has 1 saturated carbocycles. The van der Waals surface area contributed by atoms with Crippen molar-refractivity contribution in [3.63, 3.8) is 0 Å². The van der Waals surface area contributed by atoms with E-state index in [0.717, 1.165) is 23.7 Å². The average Bonchev–Trinajstić information content (AvgIpc) is 3.08. The first kappa shape index (κ1) is 21.4. The Bertz CT molecular complexity index is 991. The van der Waals surface area contributed by atoms with E-state index in [2.05, 4.69) is 10.6 Å². The summed E-state index contributed by atoms with van der Waals surface area (Å²) in [5.41, 5.74) is 1.48. The lowest BCUT2D eigenvalue weighted by Crippen LogP contribution is -2.50. The molecule has 1 aliphatic carbocycles. The van der Waals surface area contributed by atoms with Crippen molar-refractivity contribution in [2.24, 2.45) is 13.0 Å². The predicted octanol–water partition coefficient (Wildman–Crippen LogP) is 2.34. The van der Waals surface area contributed by atoms with Crippen molar-refractivity contribution in [1.29, 1.82) is 5.26 Å². The van der Waals surface area contributed by atoms with Crippen molar-refractivity contribution in [3.05, 3.63) is 36.0 Å². The number of carboxylic acids is 1. The quantitative estimate of drug-likeness (QED) is 0.646. The van der Waals surface area contributed by atoms with Crippen LogP contribution in [0.15, 0.2) is 30.3 Å². The van der Waals surface area contributed by atoms with Gasteiger partial charge >= 0.3 is 5.97 Å². The minimum atomic E-state index is -1.01. The molecule has 0 saturated heterocycles. The van der Waals surface area contributed by atoms with E-state index in [1.165, 1.54) is 0 Å². The molecule has 2 aromatic rings. The third-order valence-electron chi connectivity index (χ3n) is 5.72. The van der Waals surface area contributed by atoms with Gasteiger partial charge in [-0.2, -0.15) is 5.26 Å². The zero-order valence-electron chi connectivity index (χ0n) is 16.9. The van der Waals surface area contributed by atoms with E-state index < -0.39 is 17.9 Å². The first-order valence-corrected chi connectivity index (χ1v) is 10.2. The molecule has 0 unspecified atom stereocenters. The number of benzene rings is 1. The fourth-order valence-electron chi connectivity index (χ4n) is 4.08. The molecule has 8 nitrogen and oxygen atoms in total. The number of carboxylic acid groups (broad SMARTS) is 1. The van der Waals surface area contributed by atoms with Gasteiger partial charge in [0.25, 0.3) is 5.91 Å². The number of carbonyl (C=O) groups is 3. The second-order valence-corrected chi connectivity index (χ2v) is 7.74. The average molecular weight is 410 g/mol. The molecule has 3 rings (SSSR count). The third-order valence-corrected chi connectivity index (χ3v) is 5.72. The molecule has 158 valence electrons. The van der Waals surface area contributed by atoms with Crippen LogP contribution in [-0.4, -0.2) is 39.5 Å². The first-order chi connectivity index (χ1) is 14.4. The van der Waals surface area contributed by atoms with E-state index in [9.17, 15) is 19.6 Å². The van der Waals surface area contributed by atoms with Gasteiger partial charge in [-0.25, -0.2) is 0 Å². The van der Waals surface area contributed by atoms with Crippen LogP contribution in [0, 0.1) is 17.2 Å². The fraction of sp³-hybridized carbons (Fsp3) is 0.455. The third kappa shape index (κ3) is 4.79. The Kier molecular flexibility index (Phi) is 6.72. The molecule has 8 heteroatoms. The van der Waals surface area contributed by atoms with Gasteiger partial charge in [-0.3, -0.25) is 14.4 Å². The van der Waals surface area contributed by atoms with Gasteiger partial charge in [0.1, 0.15) is 11.7 Å². The minimum absolute atomic E-state index is 0.0528. The largest absolute Gasteiger partial charge is 0.481 e. The number of carbonyl (C=O) groups excluding carboxylic acids is 2. The van der Waals surface area contributed by atoms with Crippen LogP contribution in [0.4, 0.5) is 0 Å². The molecule has 30 heavy (non-hydrogen) atoms. The monoisotopic (exact) mass is 410 g/mol. The lowest BCUT2D eigenvalue weighted by atomic mass is 9.83. The Hall–Kier alpha value is -3.34. The second kappa shape index (κ2) is 9.44. The number of hydrogen-bond donors (Lipinski definition) is 3. The number of aromatic nitrogens is 1. The molecule has 1 aliphatic rings. The van der Waals surface area contributed by atoms with Crippen molar-refractivity contribution >= 4 is 28.7 Å². The number of nitrogens with one attached hydrogen (secondary N) is 2. The van der Waals surface area contributed by atoms with Crippen LogP contribution in [0.3, 0.4) is 0 Å². The highest BCUT2D eigenvalue weighted by molar-refractivity contribution is 5.99. The molecule has 1 aromatic carbocycles. The fourth-order valence-corrected chi connectivity index (χ4v) is 4.08. The molecule has 1 heterocycles. The number of nitrogens with zero attached hydrogens (tertiary/aromatic N) is 2. The Balaban J connectivity index is 1.69. The summed E-state index contributed by atoms with van der Waals surface area (Å²) in [5.74, 6) is -2.00. The second-order valence-electron chi connectivity index (χ2n) is 7.74. The minimum Gasteiger partial charge on any atom is -0.481 e. The number of hydrogen-bond acceptors (Lipinski definition) is 4. The van der Waals surface area contributed by atoms with Gasteiger partial charge in [-0.15, -0.1) is 0 Å².